The average molecular weight is 615 g/mol. The first-order valence-corrected chi connectivity index (χ1v) is 13.5. The molecule has 0 aromatic heterocycles. The van der Waals surface area contributed by atoms with Crippen LogP contribution in [0.4, 0.5) is 0 Å². The van der Waals surface area contributed by atoms with Crippen LogP contribution in [0, 0.1) is 5.92 Å². The lowest BCUT2D eigenvalue weighted by Crippen LogP contribution is -2.63. The molecule has 0 saturated carbocycles. The molecule has 0 aliphatic carbocycles. The number of allylic oxidation sites excluding steroid dienone is 1. The van der Waals surface area contributed by atoms with E-state index >= 15 is 0 Å². The van der Waals surface area contributed by atoms with E-state index in [2.05, 4.69) is 0 Å². The van der Waals surface area contributed by atoms with Gasteiger partial charge in [0, 0.05) is 39.2 Å². The highest BCUT2D eigenvalue weighted by atomic mass is 16.8. The first-order valence-electron chi connectivity index (χ1n) is 13.5. The predicted molar refractivity (Wildman–Crippen MR) is 141 cm³/mol. The average Bonchev–Trinajstić information content (AvgIpc) is 2.93. The number of carbonyl (C=O) groups is 6. The van der Waals surface area contributed by atoms with Gasteiger partial charge in [-0.05, 0) is 13.3 Å². The zero-order chi connectivity index (χ0) is 32.3. The van der Waals surface area contributed by atoms with Gasteiger partial charge in [0.1, 0.15) is 12.7 Å². The SMILES string of the molecule is C/C=C1/[C@H](O[C@@H]2O[C@H](COC(C)=O)[C@@H](OC(C)=O)[C@H](OC(C)=O)[C@H]2OC(C)=O)OC=C(C(=O)OC)[C@H]1CC(=O)OCCC. The van der Waals surface area contributed by atoms with Crippen molar-refractivity contribution >= 4 is 35.8 Å². The molecule has 1 saturated heterocycles. The summed E-state index contributed by atoms with van der Waals surface area (Å²) in [4.78, 5) is 72.9. The van der Waals surface area contributed by atoms with Gasteiger partial charge in [-0.2, -0.15) is 0 Å². The van der Waals surface area contributed by atoms with Gasteiger partial charge in [-0.3, -0.25) is 24.0 Å². The molecule has 0 radical (unpaired) electrons. The molecule has 0 N–H and O–H groups in total. The third-order valence-corrected chi connectivity index (χ3v) is 6.17. The van der Waals surface area contributed by atoms with E-state index in [1.807, 2.05) is 6.92 Å². The van der Waals surface area contributed by atoms with Crippen LogP contribution >= 0.6 is 0 Å². The molecular formula is C28H38O15. The van der Waals surface area contributed by atoms with E-state index in [1.54, 1.807) is 13.0 Å². The highest BCUT2D eigenvalue weighted by Gasteiger charge is 2.54. The second-order valence-corrected chi connectivity index (χ2v) is 9.50. The molecule has 1 fully saturated rings. The van der Waals surface area contributed by atoms with E-state index in [4.69, 9.17) is 42.6 Å². The second-order valence-electron chi connectivity index (χ2n) is 9.50. The van der Waals surface area contributed by atoms with Gasteiger partial charge in [-0.25, -0.2) is 4.79 Å². The molecule has 0 aromatic rings. The van der Waals surface area contributed by atoms with Gasteiger partial charge in [0.15, 0.2) is 18.3 Å². The number of esters is 6. The lowest BCUT2D eigenvalue weighted by Gasteiger charge is -2.45. The van der Waals surface area contributed by atoms with Gasteiger partial charge in [-0.15, -0.1) is 0 Å². The lowest BCUT2D eigenvalue weighted by atomic mass is 9.86. The number of methoxy groups -OCH3 is 1. The number of ether oxygens (including phenoxy) is 9. The smallest absolute Gasteiger partial charge is 0.337 e. The van der Waals surface area contributed by atoms with Gasteiger partial charge < -0.3 is 42.6 Å². The molecule has 0 spiro atoms. The van der Waals surface area contributed by atoms with Crippen molar-refractivity contribution in [3.05, 3.63) is 23.5 Å². The second kappa shape index (κ2) is 16.6. The van der Waals surface area contributed by atoms with Crippen LogP contribution in [-0.4, -0.2) is 93.1 Å². The molecule has 15 nitrogen and oxygen atoms in total. The third-order valence-electron chi connectivity index (χ3n) is 6.17. The van der Waals surface area contributed by atoms with Crippen molar-refractivity contribution in [2.45, 2.75) is 91.4 Å². The van der Waals surface area contributed by atoms with E-state index < -0.39 is 85.3 Å². The Kier molecular flexibility index (Phi) is 13.6. The largest absolute Gasteiger partial charge is 0.468 e. The normalized spacial score (nSPS) is 27.6. The zero-order valence-electron chi connectivity index (χ0n) is 25.1. The van der Waals surface area contributed by atoms with Crippen molar-refractivity contribution in [3.8, 4) is 0 Å². The van der Waals surface area contributed by atoms with Crippen LogP contribution in [0.2, 0.25) is 0 Å². The number of rotatable bonds is 12. The van der Waals surface area contributed by atoms with Crippen molar-refractivity contribution in [1.82, 2.24) is 0 Å². The maximum absolute atomic E-state index is 12.6. The van der Waals surface area contributed by atoms with Crippen molar-refractivity contribution in [2.75, 3.05) is 20.3 Å². The summed E-state index contributed by atoms with van der Waals surface area (Å²) in [6.45, 7) is 7.59. The fourth-order valence-corrected chi connectivity index (χ4v) is 4.49. The predicted octanol–water partition coefficient (Wildman–Crippen LogP) is 1.41. The summed E-state index contributed by atoms with van der Waals surface area (Å²) in [6.07, 6.45) is -5.56. The number of hydrogen-bond acceptors (Lipinski definition) is 15. The monoisotopic (exact) mass is 614 g/mol. The Morgan fingerprint density at radius 2 is 1.47 bits per heavy atom. The van der Waals surface area contributed by atoms with E-state index in [-0.39, 0.29) is 18.6 Å². The molecule has 0 bridgehead atoms. The summed E-state index contributed by atoms with van der Waals surface area (Å²) in [7, 11) is 1.17. The van der Waals surface area contributed by atoms with Crippen LogP contribution in [-0.2, 0) is 71.4 Å². The molecule has 7 atom stereocenters. The Bertz CT molecular complexity index is 1110. The van der Waals surface area contributed by atoms with Crippen molar-refractivity contribution in [3.63, 3.8) is 0 Å². The minimum Gasteiger partial charge on any atom is -0.468 e. The van der Waals surface area contributed by atoms with E-state index in [0.29, 0.717) is 12.0 Å². The van der Waals surface area contributed by atoms with Crippen molar-refractivity contribution < 1.29 is 71.4 Å². The molecule has 15 heteroatoms. The summed E-state index contributed by atoms with van der Waals surface area (Å²) in [5.74, 6) is -5.34. The summed E-state index contributed by atoms with van der Waals surface area (Å²) in [5, 5.41) is 0. The standard InChI is InChI=1S/C28H38O15/c1-8-10-36-22(33)11-19-18(9-2)27(38-12-20(19)26(34)35-7)43-28-25(41-17(6)32)24(40-16(5)31)23(39-15(4)30)21(42-28)13-37-14(3)29/h9,12,19,21,23-25,27-28H,8,10-11,13H2,1-7H3/b18-9+/t19-,21+,23+,24-,25+,27-,28-/m0/s1. The quantitative estimate of drug-likeness (QED) is 0.174. The van der Waals surface area contributed by atoms with Crippen molar-refractivity contribution in [2.24, 2.45) is 5.92 Å². The first kappa shape index (κ1) is 35.2. The molecule has 2 aliphatic rings. The fourth-order valence-electron chi connectivity index (χ4n) is 4.49. The maximum Gasteiger partial charge on any atom is 0.337 e. The number of hydrogen-bond donors (Lipinski definition) is 0. The fraction of sp³-hybridized carbons (Fsp3) is 0.643. The van der Waals surface area contributed by atoms with Gasteiger partial charge in [0.05, 0.1) is 32.0 Å². The first-order chi connectivity index (χ1) is 20.3. The van der Waals surface area contributed by atoms with Crippen LogP contribution < -0.4 is 0 Å². The molecular weight excluding hydrogens is 576 g/mol. The van der Waals surface area contributed by atoms with Gasteiger partial charge >= 0.3 is 35.8 Å². The van der Waals surface area contributed by atoms with Crippen molar-refractivity contribution in [1.29, 1.82) is 0 Å². The Balaban J connectivity index is 2.53. The molecule has 2 rings (SSSR count). The van der Waals surface area contributed by atoms with E-state index in [1.165, 1.54) is 7.11 Å². The Hall–Kier alpha value is -3.98. The van der Waals surface area contributed by atoms with Crippen LogP contribution in [0.15, 0.2) is 23.5 Å². The zero-order valence-corrected chi connectivity index (χ0v) is 25.1. The van der Waals surface area contributed by atoms with Crippen LogP contribution in [0.1, 0.15) is 54.4 Å². The topological polar surface area (TPSA) is 185 Å². The highest BCUT2D eigenvalue weighted by Crippen LogP contribution is 2.37. The van der Waals surface area contributed by atoms with Gasteiger partial charge in [-0.1, -0.05) is 13.0 Å². The van der Waals surface area contributed by atoms with Crippen LogP contribution in [0.25, 0.3) is 0 Å². The van der Waals surface area contributed by atoms with Crippen LogP contribution in [0.5, 0.6) is 0 Å². The van der Waals surface area contributed by atoms with Crippen LogP contribution in [0.3, 0.4) is 0 Å². The minimum absolute atomic E-state index is 0.0189. The minimum atomic E-state index is -1.57. The van der Waals surface area contributed by atoms with E-state index in [0.717, 1.165) is 34.0 Å². The molecule has 0 unspecified atom stereocenters. The van der Waals surface area contributed by atoms with Gasteiger partial charge in [0.25, 0.3) is 0 Å². The molecule has 2 heterocycles. The lowest BCUT2D eigenvalue weighted by molar-refractivity contribution is -0.331. The highest BCUT2D eigenvalue weighted by molar-refractivity contribution is 5.90. The maximum atomic E-state index is 12.6. The molecule has 2 aliphatic heterocycles. The summed E-state index contributed by atoms with van der Waals surface area (Å²) in [5.41, 5.74) is 0.314. The summed E-state index contributed by atoms with van der Waals surface area (Å²) in [6, 6.07) is 0. The number of carbonyl (C=O) groups excluding carboxylic acids is 6. The molecule has 0 aromatic carbocycles. The third kappa shape index (κ3) is 10.1. The van der Waals surface area contributed by atoms with Gasteiger partial charge in [0.2, 0.25) is 12.6 Å². The molecule has 43 heavy (non-hydrogen) atoms. The molecule has 0 amide bonds. The Morgan fingerprint density at radius 1 is 0.860 bits per heavy atom. The summed E-state index contributed by atoms with van der Waals surface area (Å²) < 4.78 is 49.1. The molecule has 240 valence electrons. The Labute approximate surface area is 248 Å². The van der Waals surface area contributed by atoms with E-state index in [9.17, 15) is 28.8 Å². The Morgan fingerprint density at radius 3 is 2.00 bits per heavy atom. The summed E-state index contributed by atoms with van der Waals surface area (Å²) >= 11 is 0.